The predicted octanol–water partition coefficient (Wildman–Crippen LogP) is 4.17. The van der Waals surface area contributed by atoms with Gasteiger partial charge in [-0.15, -0.1) is 11.8 Å². The number of hydrogen-bond donors (Lipinski definition) is 1. The van der Waals surface area contributed by atoms with Crippen LogP contribution in [0.3, 0.4) is 0 Å². The minimum absolute atomic E-state index is 0.00283. The Balaban J connectivity index is 1.65. The van der Waals surface area contributed by atoms with Gasteiger partial charge in [0.2, 0.25) is 0 Å². The maximum absolute atomic E-state index is 12.1. The molecule has 136 valence electrons. The molecule has 0 fully saturated rings. The Kier molecular flexibility index (Phi) is 3.98. The lowest BCUT2D eigenvalue weighted by Crippen LogP contribution is -2.23. The summed E-state index contributed by atoms with van der Waals surface area (Å²) >= 11 is 3.10. The summed E-state index contributed by atoms with van der Waals surface area (Å²) in [6.07, 6.45) is 1.01. The second-order valence-corrected chi connectivity index (χ2v) is 9.15. The molecule has 1 aromatic heterocycles. The Morgan fingerprint density at radius 2 is 1.93 bits per heavy atom. The van der Waals surface area contributed by atoms with E-state index in [1.807, 2.05) is 24.3 Å². The number of aromatic nitrogens is 1. The summed E-state index contributed by atoms with van der Waals surface area (Å²) in [4.78, 5) is 28.0. The minimum Gasteiger partial charge on any atom is -0.465 e. The van der Waals surface area contributed by atoms with Crippen LogP contribution >= 0.6 is 23.1 Å². The van der Waals surface area contributed by atoms with Crippen molar-refractivity contribution in [1.82, 2.24) is 4.98 Å². The van der Waals surface area contributed by atoms with Gasteiger partial charge in [0.1, 0.15) is 0 Å². The zero-order valence-electron chi connectivity index (χ0n) is 14.6. The Morgan fingerprint density at radius 3 is 2.70 bits per heavy atom. The SMILES string of the molecule is COC(=O)c1ccc([C@@H]2c3sc(=O)[nH]c3S[C@H]3Cc4ccccc4[C@@H]23)cc1. The van der Waals surface area contributed by atoms with Gasteiger partial charge in [0, 0.05) is 22.0 Å². The average molecular weight is 396 g/mol. The number of carbonyl (C=O) groups excluding carboxylic acids is 1. The Labute approximate surface area is 164 Å². The van der Waals surface area contributed by atoms with Crippen molar-refractivity contribution in [3.8, 4) is 0 Å². The van der Waals surface area contributed by atoms with E-state index < -0.39 is 0 Å². The predicted molar refractivity (Wildman–Crippen MR) is 107 cm³/mol. The van der Waals surface area contributed by atoms with Gasteiger partial charge in [-0.25, -0.2) is 4.79 Å². The minimum atomic E-state index is -0.336. The van der Waals surface area contributed by atoms with Gasteiger partial charge >= 0.3 is 10.8 Å². The maximum Gasteiger partial charge on any atom is 0.337 e. The highest BCUT2D eigenvalue weighted by Crippen LogP contribution is 2.57. The van der Waals surface area contributed by atoms with Crippen molar-refractivity contribution in [3.63, 3.8) is 0 Å². The smallest absolute Gasteiger partial charge is 0.337 e. The molecule has 1 aliphatic heterocycles. The fourth-order valence-corrected chi connectivity index (χ4v) is 6.99. The van der Waals surface area contributed by atoms with Gasteiger partial charge in [0.05, 0.1) is 17.7 Å². The fourth-order valence-electron chi connectivity index (χ4n) is 4.33. The van der Waals surface area contributed by atoms with E-state index in [1.165, 1.54) is 29.6 Å². The summed E-state index contributed by atoms with van der Waals surface area (Å²) < 4.78 is 4.81. The number of ether oxygens (including phenoxy) is 1. The molecular weight excluding hydrogens is 378 g/mol. The first-order chi connectivity index (χ1) is 13.2. The molecular formula is C21H17NO3S2. The number of H-pyrrole nitrogens is 1. The second kappa shape index (κ2) is 6.39. The number of nitrogens with one attached hydrogen (secondary N) is 1. The highest BCUT2D eigenvalue weighted by Gasteiger charge is 2.45. The van der Waals surface area contributed by atoms with Gasteiger partial charge in [0.15, 0.2) is 0 Å². The van der Waals surface area contributed by atoms with E-state index in [0.29, 0.717) is 16.7 Å². The highest BCUT2D eigenvalue weighted by molar-refractivity contribution is 8.00. The number of hydrogen-bond acceptors (Lipinski definition) is 5. The van der Waals surface area contributed by atoms with Crippen LogP contribution in [0.4, 0.5) is 0 Å². The van der Waals surface area contributed by atoms with Crippen LogP contribution in [0.2, 0.25) is 0 Å². The number of benzene rings is 2. The number of esters is 1. The summed E-state index contributed by atoms with van der Waals surface area (Å²) in [6, 6.07) is 16.2. The highest BCUT2D eigenvalue weighted by atomic mass is 32.2. The van der Waals surface area contributed by atoms with Crippen molar-refractivity contribution in [2.45, 2.75) is 28.5 Å². The van der Waals surface area contributed by atoms with Crippen LogP contribution in [0.1, 0.15) is 43.8 Å². The van der Waals surface area contributed by atoms with Crippen LogP contribution in [0.15, 0.2) is 58.4 Å². The summed E-state index contributed by atoms with van der Waals surface area (Å²) in [5.41, 5.74) is 4.45. The summed E-state index contributed by atoms with van der Waals surface area (Å²) in [7, 11) is 1.39. The normalized spacial score (nSPS) is 22.6. The van der Waals surface area contributed by atoms with Crippen LogP contribution in [-0.4, -0.2) is 23.3 Å². The van der Waals surface area contributed by atoms with Gasteiger partial charge in [-0.2, -0.15) is 0 Å². The van der Waals surface area contributed by atoms with Gasteiger partial charge in [-0.3, -0.25) is 4.79 Å². The topological polar surface area (TPSA) is 59.2 Å². The molecule has 6 heteroatoms. The summed E-state index contributed by atoms with van der Waals surface area (Å²) in [5.74, 6) is 0.108. The molecule has 0 saturated heterocycles. The Bertz CT molecular complexity index is 1080. The first-order valence-corrected chi connectivity index (χ1v) is 10.5. The van der Waals surface area contributed by atoms with Gasteiger partial charge in [-0.1, -0.05) is 47.7 Å². The monoisotopic (exact) mass is 395 g/mol. The molecule has 0 saturated carbocycles. The molecule has 1 N–H and O–H groups in total. The molecule has 27 heavy (non-hydrogen) atoms. The lowest BCUT2D eigenvalue weighted by atomic mass is 9.80. The number of carbonyl (C=O) groups is 1. The van der Waals surface area contributed by atoms with Crippen molar-refractivity contribution < 1.29 is 9.53 Å². The third-order valence-electron chi connectivity index (χ3n) is 5.48. The molecule has 0 radical (unpaired) electrons. The molecule has 0 bridgehead atoms. The Hall–Kier alpha value is -2.31. The molecule has 0 spiro atoms. The van der Waals surface area contributed by atoms with E-state index >= 15 is 0 Å². The summed E-state index contributed by atoms with van der Waals surface area (Å²) in [6.45, 7) is 0. The second-order valence-electron chi connectivity index (χ2n) is 6.88. The zero-order chi connectivity index (χ0) is 18.5. The number of methoxy groups -OCH3 is 1. The first-order valence-electron chi connectivity index (χ1n) is 8.81. The molecule has 3 atom stereocenters. The number of rotatable bonds is 2. The Morgan fingerprint density at radius 1 is 1.15 bits per heavy atom. The van der Waals surface area contributed by atoms with Crippen LogP contribution < -0.4 is 4.87 Å². The van der Waals surface area contributed by atoms with E-state index in [1.54, 1.807) is 11.8 Å². The quantitative estimate of drug-likeness (QED) is 0.662. The maximum atomic E-state index is 12.1. The van der Waals surface area contributed by atoms with E-state index in [-0.39, 0.29) is 16.8 Å². The van der Waals surface area contributed by atoms with Crippen molar-refractivity contribution >= 4 is 29.1 Å². The van der Waals surface area contributed by atoms with Gasteiger partial charge in [-0.05, 0) is 35.2 Å². The molecule has 2 heterocycles. The summed E-state index contributed by atoms with van der Waals surface area (Å²) in [5, 5.41) is 1.41. The largest absolute Gasteiger partial charge is 0.465 e. The lowest BCUT2D eigenvalue weighted by Gasteiger charge is -2.33. The van der Waals surface area contributed by atoms with Crippen LogP contribution in [0.5, 0.6) is 0 Å². The van der Waals surface area contributed by atoms with E-state index in [9.17, 15) is 9.59 Å². The molecule has 0 amide bonds. The molecule has 3 aromatic rings. The van der Waals surface area contributed by atoms with E-state index in [0.717, 1.165) is 21.9 Å². The van der Waals surface area contributed by atoms with Crippen LogP contribution in [0, 0.1) is 0 Å². The zero-order valence-corrected chi connectivity index (χ0v) is 16.2. The molecule has 5 rings (SSSR count). The van der Waals surface area contributed by atoms with Crippen molar-refractivity contribution in [2.75, 3.05) is 7.11 Å². The van der Waals surface area contributed by atoms with E-state index in [2.05, 4.69) is 29.2 Å². The van der Waals surface area contributed by atoms with E-state index in [4.69, 9.17) is 4.74 Å². The number of thioether (sulfide) groups is 1. The van der Waals surface area contributed by atoms with Crippen LogP contribution in [0.25, 0.3) is 0 Å². The van der Waals surface area contributed by atoms with Crippen molar-refractivity contribution in [3.05, 3.63) is 85.3 Å². The lowest BCUT2D eigenvalue weighted by molar-refractivity contribution is 0.0600. The average Bonchev–Trinajstić information content (AvgIpc) is 3.24. The fraction of sp³-hybridized carbons (Fsp3) is 0.238. The third-order valence-corrected chi connectivity index (χ3v) is 7.89. The number of aromatic amines is 1. The number of fused-ring (bicyclic) bond motifs is 4. The van der Waals surface area contributed by atoms with Crippen LogP contribution in [-0.2, 0) is 11.2 Å². The molecule has 2 aromatic carbocycles. The van der Waals surface area contributed by atoms with Gasteiger partial charge < -0.3 is 9.72 Å². The molecule has 4 nitrogen and oxygen atoms in total. The standard InChI is InChI=1S/C21H17NO3S2/c1-25-20(23)12-8-6-11(7-9-12)16-17-14-5-3-2-4-13(14)10-15(17)26-19-18(16)27-21(24)22-19/h2-9,15-17H,10H2,1H3,(H,22,24)/t15-,16-,17+/m0/s1. The molecule has 2 aliphatic rings. The van der Waals surface area contributed by atoms with Crippen molar-refractivity contribution in [1.29, 1.82) is 0 Å². The van der Waals surface area contributed by atoms with Crippen molar-refractivity contribution in [2.24, 2.45) is 0 Å². The van der Waals surface area contributed by atoms with Gasteiger partial charge in [0.25, 0.3) is 0 Å². The number of thiazole rings is 1. The third kappa shape index (κ3) is 2.66. The molecule has 0 unspecified atom stereocenters. The first kappa shape index (κ1) is 16.8. The molecule has 1 aliphatic carbocycles.